The van der Waals surface area contributed by atoms with Crippen LogP contribution in [0.15, 0.2) is 36.4 Å². The zero-order chi connectivity index (χ0) is 17.3. The van der Waals surface area contributed by atoms with E-state index in [-0.39, 0.29) is 5.91 Å². The van der Waals surface area contributed by atoms with Crippen LogP contribution < -0.4 is 5.32 Å². The van der Waals surface area contributed by atoms with Crippen LogP contribution in [0, 0.1) is 0 Å². The van der Waals surface area contributed by atoms with E-state index >= 15 is 0 Å². The molecule has 6 heteroatoms. The number of thiophene rings is 1. The van der Waals surface area contributed by atoms with Crippen molar-refractivity contribution in [3.8, 4) is 0 Å². The first-order valence-electron chi connectivity index (χ1n) is 7.47. The largest absolute Gasteiger partial charge is 0.320 e. The minimum Gasteiger partial charge on any atom is -0.320 e. The number of amides is 1. The maximum Gasteiger partial charge on any atom is 0.266 e. The van der Waals surface area contributed by atoms with Gasteiger partial charge in [-0.15, -0.1) is 11.3 Å². The molecule has 0 spiro atoms. The zero-order valence-corrected chi connectivity index (χ0v) is 15.9. The van der Waals surface area contributed by atoms with Crippen molar-refractivity contribution in [1.82, 2.24) is 0 Å². The number of rotatable bonds is 4. The van der Waals surface area contributed by atoms with E-state index in [0.717, 1.165) is 28.5 Å². The molecule has 0 fully saturated rings. The number of hydrogen-bond acceptors (Lipinski definition) is 2. The molecule has 0 aliphatic heterocycles. The van der Waals surface area contributed by atoms with Gasteiger partial charge in [0.25, 0.3) is 5.91 Å². The van der Waals surface area contributed by atoms with Gasteiger partial charge in [-0.1, -0.05) is 66.3 Å². The molecule has 0 aliphatic carbocycles. The Balaban J connectivity index is 2.00. The van der Waals surface area contributed by atoms with Gasteiger partial charge in [-0.25, -0.2) is 0 Å². The Kier molecular flexibility index (Phi) is 5.36. The maximum atomic E-state index is 12.8. The van der Waals surface area contributed by atoms with Crippen molar-refractivity contribution < 1.29 is 4.79 Å². The summed E-state index contributed by atoms with van der Waals surface area (Å²) in [5, 5.41) is 5.05. The summed E-state index contributed by atoms with van der Waals surface area (Å²) in [5.74, 6) is -0.181. The van der Waals surface area contributed by atoms with Gasteiger partial charge in [0.15, 0.2) is 0 Å². The summed E-state index contributed by atoms with van der Waals surface area (Å²) in [5.41, 5.74) is 1.53. The summed E-state index contributed by atoms with van der Waals surface area (Å²) in [7, 11) is 0. The van der Waals surface area contributed by atoms with Crippen LogP contribution in [0.4, 0.5) is 5.69 Å². The monoisotopic (exact) mass is 397 g/mol. The molecular formula is C18H14Cl3NOS. The molecule has 0 radical (unpaired) electrons. The van der Waals surface area contributed by atoms with Gasteiger partial charge in [-0.05, 0) is 35.6 Å². The second-order valence-corrected chi connectivity index (χ2v) is 7.63. The third kappa shape index (κ3) is 3.40. The van der Waals surface area contributed by atoms with E-state index in [1.165, 1.54) is 17.4 Å². The summed E-state index contributed by atoms with van der Waals surface area (Å²) in [6.45, 7) is 2.10. The molecule has 0 saturated heterocycles. The van der Waals surface area contributed by atoms with Crippen molar-refractivity contribution in [3.63, 3.8) is 0 Å². The molecule has 0 unspecified atom stereocenters. The zero-order valence-electron chi connectivity index (χ0n) is 12.8. The summed E-state index contributed by atoms with van der Waals surface area (Å²) < 4.78 is 1.10. The second-order valence-electron chi connectivity index (χ2n) is 5.36. The summed E-state index contributed by atoms with van der Waals surface area (Å²) >= 11 is 19.6. The molecule has 24 heavy (non-hydrogen) atoms. The van der Waals surface area contributed by atoms with Crippen LogP contribution >= 0.6 is 46.1 Å². The molecule has 124 valence electrons. The molecular weight excluding hydrogens is 385 g/mol. The molecule has 0 aliphatic rings. The number of anilines is 1. The quantitative estimate of drug-likeness (QED) is 0.468. The molecule has 1 N–H and O–H groups in total. The lowest BCUT2D eigenvalue weighted by atomic mass is 10.1. The van der Waals surface area contributed by atoms with Crippen LogP contribution in [0.2, 0.25) is 15.1 Å². The number of fused-ring (bicyclic) bond motifs is 1. The van der Waals surface area contributed by atoms with E-state index in [1.54, 1.807) is 6.07 Å². The highest BCUT2D eigenvalue weighted by Crippen LogP contribution is 2.35. The molecule has 1 amide bonds. The normalized spacial score (nSPS) is 11.0. The molecule has 0 saturated carbocycles. The van der Waals surface area contributed by atoms with E-state index < -0.39 is 0 Å². The van der Waals surface area contributed by atoms with E-state index in [4.69, 9.17) is 34.8 Å². The van der Waals surface area contributed by atoms with Crippen molar-refractivity contribution in [3.05, 3.63) is 61.9 Å². The highest BCUT2D eigenvalue weighted by molar-refractivity contribution is 7.21. The number of aryl methyl sites for hydroxylation is 1. The molecule has 0 atom stereocenters. The fourth-order valence-electron chi connectivity index (χ4n) is 2.58. The first-order valence-corrected chi connectivity index (χ1v) is 9.42. The average molecular weight is 399 g/mol. The summed E-state index contributed by atoms with van der Waals surface area (Å²) in [6.07, 6.45) is 1.82. The molecule has 1 heterocycles. The number of benzene rings is 2. The lowest BCUT2D eigenvalue weighted by molar-refractivity contribution is 0.103. The van der Waals surface area contributed by atoms with Crippen molar-refractivity contribution in [1.29, 1.82) is 0 Å². The average Bonchev–Trinajstić information content (AvgIpc) is 2.92. The highest BCUT2D eigenvalue weighted by Gasteiger charge is 2.19. The Hall–Kier alpha value is -1.26. The lowest BCUT2D eigenvalue weighted by Crippen LogP contribution is -2.12. The Morgan fingerprint density at radius 1 is 1.08 bits per heavy atom. The smallest absolute Gasteiger partial charge is 0.266 e. The fraction of sp³-hybridized carbons (Fsp3) is 0.167. The van der Waals surface area contributed by atoms with Crippen LogP contribution in [-0.4, -0.2) is 5.91 Å². The first kappa shape index (κ1) is 17.6. The minimum atomic E-state index is -0.181. The number of nitrogens with one attached hydrogen (secondary N) is 1. The van der Waals surface area contributed by atoms with Crippen molar-refractivity contribution in [2.24, 2.45) is 0 Å². The predicted molar refractivity (Wildman–Crippen MR) is 105 cm³/mol. The number of hydrogen-bond donors (Lipinski definition) is 1. The minimum absolute atomic E-state index is 0.181. The van der Waals surface area contributed by atoms with Crippen LogP contribution in [-0.2, 0) is 6.42 Å². The number of halogens is 3. The fourth-order valence-corrected chi connectivity index (χ4v) is 4.32. The van der Waals surface area contributed by atoms with Crippen LogP contribution in [0.5, 0.6) is 0 Å². The van der Waals surface area contributed by atoms with Gasteiger partial charge < -0.3 is 5.32 Å². The topological polar surface area (TPSA) is 29.1 Å². The Bertz CT molecular complexity index is 920. The van der Waals surface area contributed by atoms with E-state index in [9.17, 15) is 4.79 Å². The summed E-state index contributed by atoms with van der Waals surface area (Å²) in [4.78, 5) is 13.5. The van der Waals surface area contributed by atoms with Gasteiger partial charge in [-0.3, -0.25) is 4.79 Å². The number of carbonyl (C=O) groups excluding carboxylic acids is 1. The maximum absolute atomic E-state index is 12.8. The third-order valence-corrected chi connectivity index (χ3v) is 5.91. The van der Waals surface area contributed by atoms with Crippen LogP contribution in [0.3, 0.4) is 0 Å². The van der Waals surface area contributed by atoms with Gasteiger partial charge in [0, 0.05) is 4.70 Å². The predicted octanol–water partition coefficient (Wildman–Crippen LogP) is 7.07. The molecule has 3 rings (SSSR count). The second kappa shape index (κ2) is 7.32. The van der Waals surface area contributed by atoms with E-state index in [0.29, 0.717) is 25.6 Å². The SMILES string of the molecule is CCCc1c(C(=O)Nc2cc(Cl)c(Cl)cc2Cl)sc2ccccc12. The molecule has 1 aromatic heterocycles. The van der Waals surface area contributed by atoms with Gasteiger partial charge in [-0.2, -0.15) is 0 Å². The molecule has 3 aromatic rings. The molecule has 2 nitrogen and oxygen atoms in total. The Labute approximate surface area is 159 Å². The standard InChI is InChI=1S/C18H14Cl3NOS/c1-2-5-11-10-6-3-4-7-16(10)24-17(11)18(23)22-15-9-13(20)12(19)8-14(15)21/h3-4,6-9H,2,5H2,1H3,(H,22,23). The van der Waals surface area contributed by atoms with Crippen molar-refractivity contribution in [2.75, 3.05) is 5.32 Å². The lowest BCUT2D eigenvalue weighted by Gasteiger charge is -2.09. The molecule has 0 bridgehead atoms. The molecule has 2 aromatic carbocycles. The van der Waals surface area contributed by atoms with E-state index in [2.05, 4.69) is 18.3 Å². The Morgan fingerprint density at radius 3 is 2.54 bits per heavy atom. The van der Waals surface area contributed by atoms with Gasteiger partial charge in [0.1, 0.15) is 0 Å². The summed E-state index contributed by atoms with van der Waals surface area (Å²) in [6, 6.07) is 11.1. The Morgan fingerprint density at radius 2 is 1.79 bits per heavy atom. The van der Waals surface area contributed by atoms with Gasteiger partial charge >= 0.3 is 0 Å². The van der Waals surface area contributed by atoms with Crippen LogP contribution in [0.25, 0.3) is 10.1 Å². The van der Waals surface area contributed by atoms with Crippen molar-refractivity contribution >= 4 is 67.8 Å². The third-order valence-electron chi connectivity index (χ3n) is 3.66. The van der Waals surface area contributed by atoms with Gasteiger partial charge in [0.05, 0.1) is 25.6 Å². The highest BCUT2D eigenvalue weighted by atomic mass is 35.5. The van der Waals surface area contributed by atoms with Crippen molar-refractivity contribution in [2.45, 2.75) is 19.8 Å². The van der Waals surface area contributed by atoms with E-state index in [1.807, 2.05) is 18.2 Å². The van der Waals surface area contributed by atoms with Gasteiger partial charge in [0.2, 0.25) is 0 Å². The van der Waals surface area contributed by atoms with Crippen LogP contribution in [0.1, 0.15) is 28.6 Å². The first-order chi connectivity index (χ1) is 11.5. The number of carbonyl (C=O) groups is 1.